The molecule has 0 saturated carbocycles. The Morgan fingerprint density at radius 2 is 2.38 bits per heavy atom. The maximum Gasteiger partial charge on any atom is 0.300 e. The number of carbonyl (C=O) groups is 1. The van der Waals surface area contributed by atoms with E-state index in [1.165, 1.54) is 6.07 Å². The van der Waals surface area contributed by atoms with E-state index < -0.39 is 4.92 Å². The molecule has 1 aliphatic heterocycles. The zero-order valence-corrected chi connectivity index (χ0v) is 12.0. The number of carbonyl (C=O) groups excluding carboxylic acids is 1. The minimum absolute atomic E-state index is 0.0210. The number of anilines is 1. The number of nitro groups is 1. The predicted octanol–water partition coefficient (Wildman–Crippen LogP) is 1.28. The van der Waals surface area contributed by atoms with Crippen LogP contribution < -0.4 is 5.32 Å². The van der Waals surface area contributed by atoms with Crippen molar-refractivity contribution in [1.82, 2.24) is 9.88 Å². The lowest BCUT2D eigenvalue weighted by Gasteiger charge is -2.31. The van der Waals surface area contributed by atoms with E-state index in [4.69, 9.17) is 4.74 Å². The molecule has 0 bridgehead atoms. The Bertz CT molecular complexity index is 549. The van der Waals surface area contributed by atoms with Crippen LogP contribution in [0.1, 0.15) is 23.2 Å². The van der Waals surface area contributed by atoms with Crippen molar-refractivity contribution in [3.8, 4) is 0 Å². The van der Waals surface area contributed by atoms with Crippen molar-refractivity contribution >= 4 is 17.4 Å². The summed E-state index contributed by atoms with van der Waals surface area (Å²) in [6.07, 6.45) is 2.80. The second-order valence-corrected chi connectivity index (χ2v) is 4.84. The Labute approximate surface area is 122 Å². The van der Waals surface area contributed by atoms with Crippen molar-refractivity contribution < 1.29 is 14.5 Å². The molecule has 0 spiro atoms. The van der Waals surface area contributed by atoms with Crippen molar-refractivity contribution in [3.63, 3.8) is 0 Å². The lowest BCUT2D eigenvalue weighted by molar-refractivity contribution is -0.385. The molecule has 1 amide bonds. The second-order valence-electron chi connectivity index (χ2n) is 4.84. The van der Waals surface area contributed by atoms with Crippen molar-refractivity contribution in [2.75, 3.05) is 32.6 Å². The number of hydrogen-bond acceptors (Lipinski definition) is 6. The van der Waals surface area contributed by atoms with Crippen LogP contribution in [0.15, 0.2) is 12.3 Å². The number of rotatable bonds is 4. The first-order valence-corrected chi connectivity index (χ1v) is 6.71. The zero-order valence-electron chi connectivity index (χ0n) is 12.0. The number of methoxy groups -OCH3 is 1. The van der Waals surface area contributed by atoms with Gasteiger partial charge in [-0.1, -0.05) is 0 Å². The SMILES string of the molecule is CNc1cc(C(=O)N2CCCC(OC)C2)c([N+](=O)[O-])cn1. The maximum absolute atomic E-state index is 12.6. The molecular formula is C13H18N4O4. The van der Waals surface area contributed by atoms with Gasteiger partial charge in [0.1, 0.15) is 17.6 Å². The molecule has 1 aliphatic rings. The van der Waals surface area contributed by atoms with Gasteiger partial charge in [-0.05, 0) is 12.8 Å². The minimum atomic E-state index is -0.586. The zero-order chi connectivity index (χ0) is 15.4. The summed E-state index contributed by atoms with van der Waals surface area (Å²) in [7, 11) is 3.25. The van der Waals surface area contributed by atoms with Gasteiger partial charge < -0.3 is 15.0 Å². The highest BCUT2D eigenvalue weighted by molar-refractivity contribution is 5.98. The van der Waals surface area contributed by atoms with Gasteiger partial charge in [-0.25, -0.2) is 4.98 Å². The van der Waals surface area contributed by atoms with Crippen LogP contribution in [-0.4, -0.2) is 54.1 Å². The molecule has 1 saturated heterocycles. The van der Waals surface area contributed by atoms with E-state index in [2.05, 4.69) is 10.3 Å². The number of nitrogens with one attached hydrogen (secondary N) is 1. The average molecular weight is 294 g/mol. The van der Waals surface area contributed by atoms with Crippen LogP contribution in [0.25, 0.3) is 0 Å². The van der Waals surface area contributed by atoms with Crippen LogP contribution in [0.3, 0.4) is 0 Å². The number of amides is 1. The molecular weight excluding hydrogens is 276 g/mol. The first-order chi connectivity index (χ1) is 10.1. The highest BCUT2D eigenvalue weighted by Crippen LogP contribution is 2.24. The third-order valence-electron chi connectivity index (χ3n) is 3.56. The van der Waals surface area contributed by atoms with E-state index in [-0.39, 0.29) is 23.3 Å². The highest BCUT2D eigenvalue weighted by atomic mass is 16.6. The molecule has 114 valence electrons. The molecule has 0 radical (unpaired) electrons. The summed E-state index contributed by atoms with van der Waals surface area (Å²) in [5, 5.41) is 13.9. The standard InChI is InChI=1S/C13H18N4O4/c1-14-12-6-10(11(7-15-12)17(19)20)13(18)16-5-3-4-9(8-16)21-2/h6-7,9H,3-5,8H2,1-2H3,(H,14,15). The number of aromatic nitrogens is 1. The summed E-state index contributed by atoms with van der Waals surface area (Å²) in [6.45, 7) is 1.02. The lowest BCUT2D eigenvalue weighted by Crippen LogP contribution is -2.43. The highest BCUT2D eigenvalue weighted by Gasteiger charge is 2.29. The molecule has 2 heterocycles. The number of ether oxygens (including phenoxy) is 1. The van der Waals surface area contributed by atoms with Crippen LogP contribution in [0.2, 0.25) is 0 Å². The smallest absolute Gasteiger partial charge is 0.300 e. The molecule has 1 unspecified atom stereocenters. The normalized spacial score (nSPS) is 18.4. The first kappa shape index (κ1) is 15.2. The van der Waals surface area contributed by atoms with Gasteiger partial charge in [-0.3, -0.25) is 14.9 Å². The monoisotopic (exact) mass is 294 g/mol. The largest absolute Gasteiger partial charge is 0.380 e. The van der Waals surface area contributed by atoms with Gasteiger partial charge in [-0.15, -0.1) is 0 Å². The summed E-state index contributed by atoms with van der Waals surface area (Å²) >= 11 is 0. The maximum atomic E-state index is 12.6. The summed E-state index contributed by atoms with van der Waals surface area (Å²) in [5.74, 6) is 0.0617. The number of likely N-dealkylation sites (tertiary alicyclic amines) is 1. The summed E-state index contributed by atoms with van der Waals surface area (Å²) in [6, 6.07) is 1.41. The molecule has 1 fully saturated rings. The fourth-order valence-electron chi connectivity index (χ4n) is 2.39. The molecule has 1 N–H and O–H groups in total. The van der Waals surface area contributed by atoms with Crippen LogP contribution in [0.5, 0.6) is 0 Å². The molecule has 8 nitrogen and oxygen atoms in total. The van der Waals surface area contributed by atoms with E-state index in [1.807, 2.05) is 0 Å². The Hall–Kier alpha value is -2.22. The third kappa shape index (κ3) is 3.27. The third-order valence-corrected chi connectivity index (χ3v) is 3.56. The summed E-state index contributed by atoms with van der Waals surface area (Å²) in [4.78, 5) is 28.5. The van der Waals surface area contributed by atoms with Crippen LogP contribution >= 0.6 is 0 Å². The van der Waals surface area contributed by atoms with Gasteiger partial charge >= 0.3 is 0 Å². The van der Waals surface area contributed by atoms with Gasteiger partial charge in [0.05, 0.1) is 11.0 Å². The topological polar surface area (TPSA) is 97.6 Å². The number of nitrogens with zero attached hydrogens (tertiary/aromatic N) is 3. The van der Waals surface area contributed by atoms with Crippen LogP contribution in [0, 0.1) is 10.1 Å². The van der Waals surface area contributed by atoms with E-state index in [0.717, 1.165) is 19.0 Å². The van der Waals surface area contributed by atoms with Gasteiger partial charge in [0.15, 0.2) is 0 Å². The molecule has 0 aliphatic carbocycles. The van der Waals surface area contributed by atoms with E-state index >= 15 is 0 Å². The van der Waals surface area contributed by atoms with Crippen molar-refractivity contribution in [3.05, 3.63) is 27.9 Å². The quantitative estimate of drug-likeness (QED) is 0.663. The number of pyridine rings is 1. The van der Waals surface area contributed by atoms with Crippen molar-refractivity contribution in [2.24, 2.45) is 0 Å². The van der Waals surface area contributed by atoms with Crippen LogP contribution in [-0.2, 0) is 4.74 Å². The van der Waals surface area contributed by atoms with E-state index in [1.54, 1.807) is 19.1 Å². The summed E-state index contributed by atoms with van der Waals surface area (Å²) in [5.41, 5.74) is -0.227. The van der Waals surface area contributed by atoms with Crippen molar-refractivity contribution in [1.29, 1.82) is 0 Å². The molecule has 2 rings (SSSR count). The van der Waals surface area contributed by atoms with E-state index in [9.17, 15) is 14.9 Å². The van der Waals surface area contributed by atoms with Gasteiger partial charge in [-0.2, -0.15) is 0 Å². The first-order valence-electron chi connectivity index (χ1n) is 6.71. The Kier molecular flexibility index (Phi) is 4.69. The number of hydrogen-bond donors (Lipinski definition) is 1. The van der Waals surface area contributed by atoms with Gasteiger partial charge in [0.25, 0.3) is 11.6 Å². The lowest BCUT2D eigenvalue weighted by atomic mass is 10.1. The average Bonchev–Trinajstić information content (AvgIpc) is 2.53. The van der Waals surface area contributed by atoms with Crippen LogP contribution in [0.4, 0.5) is 11.5 Å². The Balaban J connectivity index is 2.30. The van der Waals surface area contributed by atoms with Gasteiger partial charge in [0.2, 0.25) is 0 Å². The molecule has 8 heteroatoms. The fraction of sp³-hybridized carbons (Fsp3) is 0.538. The molecule has 21 heavy (non-hydrogen) atoms. The molecule has 1 aromatic rings. The fourth-order valence-corrected chi connectivity index (χ4v) is 2.39. The summed E-state index contributed by atoms with van der Waals surface area (Å²) < 4.78 is 5.28. The molecule has 0 aromatic carbocycles. The Morgan fingerprint density at radius 3 is 3.00 bits per heavy atom. The minimum Gasteiger partial charge on any atom is -0.380 e. The predicted molar refractivity (Wildman–Crippen MR) is 76.4 cm³/mol. The number of piperidine rings is 1. The molecule has 1 atom stereocenters. The van der Waals surface area contributed by atoms with Gasteiger partial charge in [0, 0.05) is 33.3 Å². The molecule has 1 aromatic heterocycles. The van der Waals surface area contributed by atoms with E-state index in [0.29, 0.717) is 18.9 Å². The van der Waals surface area contributed by atoms with Crippen molar-refractivity contribution in [2.45, 2.75) is 18.9 Å². The second kappa shape index (κ2) is 6.49. The Morgan fingerprint density at radius 1 is 1.62 bits per heavy atom.